The standard InChI is InChI=1S/C21H29N3O2.CH4/c1-14(2)17(18-13-23-20-16(18)6-4-9-22-20)11-19(25)24-10-8-21(26)7-3-5-15(24)12-21;/h4,6,9,13-15,17,26H,3,5,7-8,10-12H2,1-2H3,(H,22,23);1H4. The van der Waals surface area contributed by atoms with Crippen molar-refractivity contribution < 1.29 is 9.90 Å². The minimum absolute atomic E-state index is 0. The number of pyridine rings is 1. The SMILES string of the molecule is C.CC(C)C(CC(=O)N1CCC2(O)CCCC1C2)c1c[nH]c2ncccc12. The number of aliphatic hydroxyl groups is 1. The number of rotatable bonds is 4. The number of aromatic amines is 1. The van der Waals surface area contributed by atoms with Gasteiger partial charge in [0.05, 0.1) is 5.60 Å². The number of likely N-dealkylation sites (tertiary alicyclic amines) is 1. The highest BCUT2D eigenvalue weighted by atomic mass is 16.3. The van der Waals surface area contributed by atoms with Crippen LogP contribution in [0, 0.1) is 5.92 Å². The Morgan fingerprint density at radius 2 is 2.26 bits per heavy atom. The molecule has 148 valence electrons. The third kappa shape index (κ3) is 3.75. The number of hydrogen-bond donors (Lipinski definition) is 2. The highest BCUT2D eigenvalue weighted by Crippen LogP contribution is 2.40. The molecule has 0 aromatic carbocycles. The fourth-order valence-electron chi connectivity index (χ4n) is 4.94. The van der Waals surface area contributed by atoms with E-state index >= 15 is 0 Å². The number of carbonyl (C=O) groups excluding carboxylic acids is 1. The molecule has 1 saturated heterocycles. The van der Waals surface area contributed by atoms with Crippen molar-refractivity contribution in [2.75, 3.05) is 6.54 Å². The summed E-state index contributed by atoms with van der Waals surface area (Å²) >= 11 is 0. The Labute approximate surface area is 162 Å². The van der Waals surface area contributed by atoms with Gasteiger partial charge >= 0.3 is 0 Å². The second kappa shape index (κ2) is 7.63. The zero-order valence-electron chi connectivity index (χ0n) is 15.7. The van der Waals surface area contributed by atoms with E-state index in [2.05, 4.69) is 34.8 Å². The van der Waals surface area contributed by atoms with Crippen LogP contribution >= 0.6 is 0 Å². The molecule has 3 heterocycles. The fourth-order valence-corrected chi connectivity index (χ4v) is 4.94. The first kappa shape index (κ1) is 19.9. The van der Waals surface area contributed by atoms with E-state index in [1.54, 1.807) is 6.20 Å². The van der Waals surface area contributed by atoms with Gasteiger partial charge in [-0.05, 0) is 61.6 Å². The molecular formula is C22H33N3O2. The lowest BCUT2D eigenvalue weighted by Crippen LogP contribution is -2.55. The van der Waals surface area contributed by atoms with E-state index in [0.717, 1.165) is 43.1 Å². The number of nitrogens with zero attached hydrogens (tertiary/aromatic N) is 2. The molecule has 1 aliphatic carbocycles. The van der Waals surface area contributed by atoms with Gasteiger partial charge in [0, 0.05) is 36.8 Å². The lowest BCUT2D eigenvalue weighted by molar-refractivity contribution is -0.144. The van der Waals surface area contributed by atoms with Crippen molar-refractivity contribution in [3.8, 4) is 0 Å². The Kier molecular flexibility index (Phi) is 5.61. The van der Waals surface area contributed by atoms with Crippen LogP contribution < -0.4 is 0 Å². The summed E-state index contributed by atoms with van der Waals surface area (Å²) in [4.78, 5) is 22.8. The van der Waals surface area contributed by atoms with Crippen LogP contribution in [0.15, 0.2) is 24.5 Å². The van der Waals surface area contributed by atoms with Crippen LogP contribution in [-0.4, -0.2) is 44.1 Å². The molecule has 1 saturated carbocycles. The van der Waals surface area contributed by atoms with Crippen LogP contribution in [0.5, 0.6) is 0 Å². The number of fused-ring (bicyclic) bond motifs is 3. The van der Waals surface area contributed by atoms with Crippen LogP contribution in [-0.2, 0) is 4.79 Å². The molecule has 0 spiro atoms. The molecule has 2 aromatic rings. The van der Waals surface area contributed by atoms with Crippen LogP contribution in [0.4, 0.5) is 0 Å². The Morgan fingerprint density at radius 3 is 3.04 bits per heavy atom. The van der Waals surface area contributed by atoms with E-state index in [1.165, 1.54) is 5.56 Å². The summed E-state index contributed by atoms with van der Waals surface area (Å²) in [6.45, 7) is 5.06. The lowest BCUT2D eigenvalue weighted by Gasteiger charge is -2.48. The van der Waals surface area contributed by atoms with Crippen molar-refractivity contribution in [2.45, 2.75) is 77.4 Å². The minimum atomic E-state index is -0.528. The average molecular weight is 372 g/mol. The maximum atomic E-state index is 13.2. The lowest BCUT2D eigenvalue weighted by atomic mass is 9.75. The molecule has 3 atom stereocenters. The molecule has 1 aliphatic heterocycles. The van der Waals surface area contributed by atoms with E-state index < -0.39 is 5.60 Å². The molecule has 2 bridgehead atoms. The van der Waals surface area contributed by atoms with E-state index in [1.807, 2.05) is 12.3 Å². The smallest absolute Gasteiger partial charge is 0.223 e. The molecule has 2 N–H and O–H groups in total. The van der Waals surface area contributed by atoms with E-state index in [9.17, 15) is 9.90 Å². The molecule has 5 heteroatoms. The Balaban J connectivity index is 0.00000210. The van der Waals surface area contributed by atoms with E-state index in [0.29, 0.717) is 18.9 Å². The summed E-state index contributed by atoms with van der Waals surface area (Å²) in [6.07, 6.45) is 8.74. The number of aromatic nitrogens is 2. The first-order valence-electron chi connectivity index (χ1n) is 9.91. The Hall–Kier alpha value is -1.88. The second-order valence-electron chi connectivity index (χ2n) is 8.51. The topological polar surface area (TPSA) is 69.2 Å². The third-order valence-corrected chi connectivity index (χ3v) is 6.46. The number of carbonyl (C=O) groups is 1. The molecule has 2 aliphatic rings. The highest BCUT2D eigenvalue weighted by molar-refractivity contribution is 5.83. The normalized spacial score (nSPS) is 26.1. The number of nitrogens with one attached hydrogen (secondary N) is 1. The van der Waals surface area contributed by atoms with Gasteiger partial charge in [-0.2, -0.15) is 0 Å². The van der Waals surface area contributed by atoms with Gasteiger partial charge in [0.25, 0.3) is 0 Å². The number of H-pyrrole nitrogens is 1. The Morgan fingerprint density at radius 1 is 1.44 bits per heavy atom. The molecule has 1 amide bonds. The summed E-state index contributed by atoms with van der Waals surface area (Å²) in [5.41, 5.74) is 1.55. The zero-order chi connectivity index (χ0) is 18.3. The van der Waals surface area contributed by atoms with Gasteiger partial charge in [-0.15, -0.1) is 0 Å². The Bertz CT molecular complexity index is 800. The summed E-state index contributed by atoms with van der Waals surface area (Å²) in [7, 11) is 0. The molecule has 5 nitrogen and oxygen atoms in total. The molecule has 27 heavy (non-hydrogen) atoms. The first-order valence-corrected chi connectivity index (χ1v) is 9.91. The number of piperidine rings is 1. The van der Waals surface area contributed by atoms with E-state index in [-0.39, 0.29) is 25.3 Å². The second-order valence-corrected chi connectivity index (χ2v) is 8.51. The van der Waals surface area contributed by atoms with Gasteiger partial charge in [-0.25, -0.2) is 4.98 Å². The van der Waals surface area contributed by atoms with Gasteiger partial charge in [0.15, 0.2) is 0 Å². The zero-order valence-corrected chi connectivity index (χ0v) is 15.7. The molecule has 2 fully saturated rings. The molecular weight excluding hydrogens is 338 g/mol. The van der Waals surface area contributed by atoms with Crippen molar-refractivity contribution in [3.63, 3.8) is 0 Å². The van der Waals surface area contributed by atoms with Crippen molar-refractivity contribution in [1.29, 1.82) is 0 Å². The predicted octanol–water partition coefficient (Wildman–Crippen LogP) is 4.23. The third-order valence-electron chi connectivity index (χ3n) is 6.46. The van der Waals surface area contributed by atoms with Crippen LogP contribution in [0.25, 0.3) is 11.0 Å². The van der Waals surface area contributed by atoms with Crippen LogP contribution in [0.1, 0.15) is 71.3 Å². The maximum Gasteiger partial charge on any atom is 0.223 e. The largest absolute Gasteiger partial charge is 0.390 e. The van der Waals surface area contributed by atoms with Crippen molar-refractivity contribution >= 4 is 16.9 Å². The van der Waals surface area contributed by atoms with Crippen molar-refractivity contribution in [2.24, 2.45) is 5.92 Å². The van der Waals surface area contributed by atoms with E-state index in [4.69, 9.17) is 0 Å². The quantitative estimate of drug-likeness (QED) is 0.845. The van der Waals surface area contributed by atoms with Gasteiger partial charge < -0.3 is 15.0 Å². The predicted molar refractivity (Wildman–Crippen MR) is 109 cm³/mol. The fraction of sp³-hybridized carbons (Fsp3) is 0.636. The van der Waals surface area contributed by atoms with Crippen LogP contribution in [0.2, 0.25) is 0 Å². The first-order chi connectivity index (χ1) is 12.5. The van der Waals surface area contributed by atoms with Gasteiger partial charge in [-0.3, -0.25) is 4.79 Å². The summed E-state index contributed by atoms with van der Waals surface area (Å²) in [5, 5.41) is 11.7. The molecule has 0 radical (unpaired) electrons. The van der Waals surface area contributed by atoms with Crippen molar-refractivity contribution in [3.05, 3.63) is 30.1 Å². The molecule has 4 rings (SSSR count). The highest BCUT2D eigenvalue weighted by Gasteiger charge is 2.43. The van der Waals surface area contributed by atoms with Gasteiger partial charge in [-0.1, -0.05) is 21.3 Å². The van der Waals surface area contributed by atoms with Gasteiger partial charge in [0.1, 0.15) is 5.65 Å². The summed E-state index contributed by atoms with van der Waals surface area (Å²) < 4.78 is 0. The number of hydrogen-bond acceptors (Lipinski definition) is 3. The van der Waals surface area contributed by atoms with Gasteiger partial charge in [0.2, 0.25) is 5.91 Å². The molecule has 2 aromatic heterocycles. The minimum Gasteiger partial charge on any atom is -0.390 e. The summed E-state index contributed by atoms with van der Waals surface area (Å²) in [6, 6.07) is 4.25. The number of amides is 1. The van der Waals surface area contributed by atoms with Crippen LogP contribution in [0.3, 0.4) is 0 Å². The maximum absolute atomic E-state index is 13.2. The summed E-state index contributed by atoms with van der Waals surface area (Å²) in [5.74, 6) is 0.770. The monoisotopic (exact) mass is 371 g/mol. The molecule has 3 unspecified atom stereocenters. The van der Waals surface area contributed by atoms with Crippen molar-refractivity contribution in [1.82, 2.24) is 14.9 Å². The average Bonchev–Trinajstić information content (AvgIpc) is 3.03.